The number of hydrogen-bond donors (Lipinski definition) is 0. The van der Waals surface area contributed by atoms with Crippen molar-refractivity contribution in [2.75, 3.05) is 0 Å². The SMILES string of the molecule is [O]c1ccc(Br)cc1C(=O)c1ccccc1. The molecular formula is C13H8BrO2. The second-order valence-electron chi connectivity index (χ2n) is 3.34. The summed E-state index contributed by atoms with van der Waals surface area (Å²) in [6.45, 7) is 0. The quantitative estimate of drug-likeness (QED) is 0.768. The Kier molecular flexibility index (Phi) is 3.06. The third kappa shape index (κ3) is 2.14. The van der Waals surface area contributed by atoms with Crippen LogP contribution in [-0.2, 0) is 5.11 Å². The zero-order chi connectivity index (χ0) is 11.5. The van der Waals surface area contributed by atoms with E-state index in [-0.39, 0.29) is 17.1 Å². The zero-order valence-corrected chi connectivity index (χ0v) is 9.90. The summed E-state index contributed by atoms with van der Waals surface area (Å²) in [6, 6.07) is 13.3. The highest BCUT2D eigenvalue weighted by Gasteiger charge is 2.14. The molecule has 16 heavy (non-hydrogen) atoms. The molecule has 0 aromatic heterocycles. The van der Waals surface area contributed by atoms with Crippen molar-refractivity contribution in [3.63, 3.8) is 0 Å². The van der Waals surface area contributed by atoms with E-state index in [1.807, 2.05) is 6.07 Å². The summed E-state index contributed by atoms with van der Waals surface area (Å²) in [6.07, 6.45) is 0. The molecule has 0 aliphatic rings. The van der Waals surface area contributed by atoms with Gasteiger partial charge in [-0.05, 0) is 18.2 Å². The van der Waals surface area contributed by atoms with Crippen LogP contribution in [0.4, 0.5) is 0 Å². The number of ketones is 1. The molecule has 2 nitrogen and oxygen atoms in total. The first-order chi connectivity index (χ1) is 7.68. The third-order valence-electron chi connectivity index (χ3n) is 2.22. The Balaban J connectivity index is 2.46. The molecule has 0 heterocycles. The highest BCUT2D eigenvalue weighted by molar-refractivity contribution is 9.10. The first-order valence-corrected chi connectivity index (χ1v) is 5.54. The van der Waals surface area contributed by atoms with Crippen molar-refractivity contribution in [3.8, 4) is 5.75 Å². The predicted octanol–water partition coefficient (Wildman–Crippen LogP) is 3.82. The zero-order valence-electron chi connectivity index (χ0n) is 8.31. The lowest BCUT2D eigenvalue weighted by atomic mass is 10.0. The standard InChI is InChI=1S/C13H8BrO2/c14-10-6-7-12(15)11(8-10)13(16)9-4-2-1-3-5-9/h1-8H. The Morgan fingerprint density at radius 2 is 1.69 bits per heavy atom. The monoisotopic (exact) mass is 275 g/mol. The van der Waals surface area contributed by atoms with Crippen molar-refractivity contribution < 1.29 is 9.90 Å². The van der Waals surface area contributed by atoms with Crippen molar-refractivity contribution in [2.45, 2.75) is 0 Å². The van der Waals surface area contributed by atoms with Gasteiger partial charge in [-0.15, -0.1) is 0 Å². The molecule has 2 aromatic rings. The molecule has 79 valence electrons. The van der Waals surface area contributed by atoms with Crippen molar-refractivity contribution in [1.29, 1.82) is 0 Å². The molecule has 0 saturated heterocycles. The molecule has 1 radical (unpaired) electrons. The number of carbonyl (C=O) groups is 1. The summed E-state index contributed by atoms with van der Waals surface area (Å²) in [5.74, 6) is -0.496. The fourth-order valence-corrected chi connectivity index (χ4v) is 1.79. The second kappa shape index (κ2) is 4.49. The van der Waals surface area contributed by atoms with E-state index in [2.05, 4.69) is 15.9 Å². The van der Waals surface area contributed by atoms with Gasteiger partial charge in [0.05, 0.1) is 5.56 Å². The molecule has 0 spiro atoms. The van der Waals surface area contributed by atoms with Crippen LogP contribution in [0.25, 0.3) is 0 Å². The molecule has 0 bridgehead atoms. The lowest BCUT2D eigenvalue weighted by Gasteiger charge is -2.02. The van der Waals surface area contributed by atoms with Gasteiger partial charge in [-0.2, -0.15) is 0 Å². The maximum atomic E-state index is 12.0. The molecule has 0 N–H and O–H groups in total. The third-order valence-corrected chi connectivity index (χ3v) is 2.72. The summed E-state index contributed by atoms with van der Waals surface area (Å²) < 4.78 is 0.728. The summed E-state index contributed by atoms with van der Waals surface area (Å²) in [5.41, 5.74) is 0.721. The molecule has 2 aromatic carbocycles. The molecule has 0 aliphatic carbocycles. The van der Waals surface area contributed by atoms with Crippen LogP contribution in [0.15, 0.2) is 53.0 Å². The molecule has 0 aliphatic heterocycles. The minimum atomic E-state index is -0.253. The van der Waals surface area contributed by atoms with Crippen LogP contribution in [-0.4, -0.2) is 5.78 Å². The Labute approximate surface area is 102 Å². The number of halogens is 1. The van der Waals surface area contributed by atoms with E-state index in [0.717, 1.165) is 4.47 Å². The smallest absolute Gasteiger partial charge is 0.196 e. The first kappa shape index (κ1) is 10.9. The van der Waals surface area contributed by atoms with Crippen LogP contribution < -0.4 is 0 Å². The highest BCUT2D eigenvalue weighted by atomic mass is 79.9. The summed E-state index contributed by atoms with van der Waals surface area (Å²) >= 11 is 3.25. The van der Waals surface area contributed by atoms with E-state index in [0.29, 0.717) is 5.56 Å². The molecule has 0 saturated carbocycles. The number of rotatable bonds is 2. The maximum absolute atomic E-state index is 12.0. The summed E-state index contributed by atoms with van der Waals surface area (Å²) in [4.78, 5) is 12.0. The van der Waals surface area contributed by atoms with Crippen LogP contribution in [0.1, 0.15) is 15.9 Å². The minimum absolute atomic E-state index is 0.195. The molecular weight excluding hydrogens is 268 g/mol. The van der Waals surface area contributed by atoms with E-state index in [1.165, 1.54) is 6.07 Å². The molecule has 0 fully saturated rings. The Bertz CT molecular complexity index is 521. The lowest BCUT2D eigenvalue weighted by molar-refractivity contribution is 0.103. The average molecular weight is 276 g/mol. The largest absolute Gasteiger partial charge is 0.289 e. The first-order valence-electron chi connectivity index (χ1n) is 4.75. The topological polar surface area (TPSA) is 37.0 Å². The molecule has 0 atom stereocenters. The van der Waals surface area contributed by atoms with E-state index in [4.69, 9.17) is 0 Å². The van der Waals surface area contributed by atoms with Gasteiger partial charge in [-0.1, -0.05) is 46.3 Å². The van der Waals surface area contributed by atoms with Gasteiger partial charge in [-0.25, -0.2) is 0 Å². The van der Waals surface area contributed by atoms with Crippen LogP contribution in [0.3, 0.4) is 0 Å². The van der Waals surface area contributed by atoms with Crippen LogP contribution >= 0.6 is 15.9 Å². The van der Waals surface area contributed by atoms with Gasteiger partial charge in [0.1, 0.15) is 0 Å². The Morgan fingerprint density at radius 1 is 1.00 bits per heavy atom. The van der Waals surface area contributed by atoms with E-state index < -0.39 is 0 Å². The molecule has 0 amide bonds. The Hall–Kier alpha value is -1.61. The Morgan fingerprint density at radius 3 is 2.38 bits per heavy atom. The van der Waals surface area contributed by atoms with Gasteiger partial charge < -0.3 is 0 Å². The minimum Gasteiger partial charge on any atom is -0.289 e. The highest BCUT2D eigenvalue weighted by Crippen LogP contribution is 2.24. The normalized spacial score (nSPS) is 10.1. The number of carbonyl (C=O) groups excluding carboxylic acids is 1. The number of hydrogen-bond acceptors (Lipinski definition) is 1. The van der Waals surface area contributed by atoms with Gasteiger partial charge in [0.15, 0.2) is 11.5 Å². The van der Waals surface area contributed by atoms with E-state index in [1.54, 1.807) is 36.4 Å². The average Bonchev–Trinajstić information content (AvgIpc) is 2.32. The van der Waals surface area contributed by atoms with Gasteiger partial charge in [0.2, 0.25) is 0 Å². The fraction of sp³-hybridized carbons (Fsp3) is 0. The van der Waals surface area contributed by atoms with Crippen molar-refractivity contribution in [3.05, 3.63) is 64.1 Å². The molecule has 0 unspecified atom stereocenters. The van der Waals surface area contributed by atoms with E-state index in [9.17, 15) is 9.90 Å². The lowest BCUT2D eigenvalue weighted by Crippen LogP contribution is -2.00. The van der Waals surface area contributed by atoms with Gasteiger partial charge in [0, 0.05) is 10.0 Å². The maximum Gasteiger partial charge on any atom is 0.196 e. The van der Waals surface area contributed by atoms with Crippen molar-refractivity contribution >= 4 is 21.7 Å². The fourth-order valence-electron chi connectivity index (χ4n) is 1.42. The molecule has 3 heteroatoms. The molecule has 2 rings (SSSR count). The van der Waals surface area contributed by atoms with Crippen LogP contribution in [0, 0.1) is 0 Å². The van der Waals surface area contributed by atoms with Crippen molar-refractivity contribution in [2.24, 2.45) is 0 Å². The summed E-state index contributed by atoms with van der Waals surface area (Å²) in [7, 11) is 0. The van der Waals surface area contributed by atoms with E-state index >= 15 is 0 Å². The van der Waals surface area contributed by atoms with Gasteiger partial charge >= 0.3 is 0 Å². The predicted molar refractivity (Wildman–Crippen MR) is 64.1 cm³/mol. The number of benzene rings is 2. The van der Waals surface area contributed by atoms with Gasteiger partial charge in [0.25, 0.3) is 0 Å². The van der Waals surface area contributed by atoms with Crippen LogP contribution in [0.2, 0.25) is 0 Å². The van der Waals surface area contributed by atoms with Crippen LogP contribution in [0.5, 0.6) is 5.75 Å². The summed E-state index contributed by atoms with van der Waals surface area (Å²) in [5, 5.41) is 11.5. The van der Waals surface area contributed by atoms with Gasteiger partial charge in [-0.3, -0.25) is 9.90 Å². The van der Waals surface area contributed by atoms with Crippen molar-refractivity contribution in [1.82, 2.24) is 0 Å². The second-order valence-corrected chi connectivity index (χ2v) is 4.25.